The number of benzene rings is 2. The second-order valence-electron chi connectivity index (χ2n) is 9.43. The van der Waals surface area contributed by atoms with Gasteiger partial charge in [0.25, 0.3) is 0 Å². The Morgan fingerprint density at radius 2 is 1.35 bits per heavy atom. The highest BCUT2D eigenvalue weighted by molar-refractivity contribution is 5.89. The minimum absolute atomic E-state index is 0. The average molecular weight is 622 g/mol. The molecular formula is C30H25F2N13O. The van der Waals surface area contributed by atoms with E-state index in [0.717, 1.165) is 5.56 Å². The van der Waals surface area contributed by atoms with Crippen molar-refractivity contribution in [3.63, 3.8) is 0 Å². The lowest BCUT2D eigenvalue weighted by molar-refractivity contribution is -0.114. The highest BCUT2D eigenvalue weighted by atomic mass is 19.1. The normalized spacial score (nSPS) is 10.6. The molecule has 7 rings (SSSR count). The van der Waals surface area contributed by atoms with Crippen LogP contribution in [0.5, 0.6) is 0 Å². The number of amides is 1. The first-order valence-electron chi connectivity index (χ1n) is 13.2. The maximum Gasteiger partial charge on any atom is 0.233 e. The van der Waals surface area contributed by atoms with Gasteiger partial charge in [0, 0.05) is 18.1 Å². The average Bonchev–Trinajstić information content (AvgIpc) is 3.56. The van der Waals surface area contributed by atoms with E-state index in [1.807, 2.05) is 0 Å². The topological polar surface area (TPSA) is 189 Å². The lowest BCUT2D eigenvalue weighted by Gasteiger charge is -2.08. The van der Waals surface area contributed by atoms with Gasteiger partial charge in [-0.2, -0.15) is 20.1 Å². The van der Waals surface area contributed by atoms with Crippen LogP contribution in [0.4, 0.5) is 20.7 Å². The van der Waals surface area contributed by atoms with E-state index in [-0.39, 0.29) is 42.5 Å². The summed E-state index contributed by atoms with van der Waals surface area (Å²) in [5.41, 5.74) is 10.6. The molecule has 0 saturated heterocycles. The predicted molar refractivity (Wildman–Crippen MR) is 166 cm³/mol. The van der Waals surface area contributed by atoms with E-state index in [1.165, 1.54) is 54.7 Å². The Hall–Kier alpha value is -6.45. The molecule has 0 spiro atoms. The van der Waals surface area contributed by atoms with E-state index in [2.05, 4.69) is 55.3 Å². The number of carbonyl (C=O) groups excluding carboxylic acids is 1. The number of rotatable bonds is 4. The molecule has 16 heteroatoms. The molecule has 14 nitrogen and oxygen atoms in total. The van der Waals surface area contributed by atoms with Gasteiger partial charge >= 0.3 is 0 Å². The largest absolute Gasteiger partial charge is 0.368 e. The number of aromatic nitrogens is 11. The number of nitrogens with two attached hydrogens (primary N) is 1. The molecule has 1 amide bonds. The van der Waals surface area contributed by atoms with Crippen molar-refractivity contribution in [2.75, 3.05) is 11.1 Å². The van der Waals surface area contributed by atoms with E-state index in [4.69, 9.17) is 5.73 Å². The van der Waals surface area contributed by atoms with E-state index >= 15 is 0 Å². The number of aryl methyl sites for hydroxylation is 1. The van der Waals surface area contributed by atoms with Gasteiger partial charge in [-0.15, -0.1) is 0 Å². The predicted octanol–water partition coefficient (Wildman–Crippen LogP) is 4.52. The molecule has 0 atom stereocenters. The zero-order valence-electron chi connectivity index (χ0n) is 23.6. The van der Waals surface area contributed by atoms with Crippen LogP contribution in [0.15, 0.2) is 73.6 Å². The minimum atomic E-state index is -0.339. The molecule has 46 heavy (non-hydrogen) atoms. The third-order valence-electron chi connectivity index (χ3n) is 6.19. The lowest BCUT2D eigenvalue weighted by Crippen LogP contribution is -2.12. The van der Waals surface area contributed by atoms with Crippen LogP contribution in [-0.2, 0) is 4.79 Å². The number of nitrogen functional groups attached to an aromatic ring is 1. The van der Waals surface area contributed by atoms with Crippen molar-refractivity contribution in [2.45, 2.75) is 21.3 Å². The van der Waals surface area contributed by atoms with E-state index in [9.17, 15) is 13.6 Å². The maximum atomic E-state index is 13.1. The van der Waals surface area contributed by atoms with Gasteiger partial charge in [-0.1, -0.05) is 7.43 Å². The summed E-state index contributed by atoms with van der Waals surface area (Å²) in [6.45, 7) is 3.15. The third kappa shape index (κ3) is 6.70. The zero-order valence-corrected chi connectivity index (χ0v) is 23.6. The van der Waals surface area contributed by atoms with E-state index in [0.29, 0.717) is 45.1 Å². The summed E-state index contributed by atoms with van der Waals surface area (Å²) >= 11 is 0. The smallest absolute Gasteiger partial charge is 0.233 e. The number of hydrogen-bond donors (Lipinski definition) is 2. The van der Waals surface area contributed by atoms with Gasteiger partial charge in [0.05, 0.1) is 29.5 Å². The molecule has 0 unspecified atom stereocenters. The Morgan fingerprint density at radius 1 is 0.783 bits per heavy atom. The standard InChI is InChI=1S/C16H11FN8O.C13H10FN5.CH4/c1-9(26)21-16-23-14-13(15(24-16)25-8-18-7-20-25)22-12(6-19-14)10-2-4-11(17)5-3-10;1-7-11-12(19-13(15)17-7)16-6-10(18-11)8-2-4-9(14)5-3-8;/h2-8H,1H3,(H,19,21,23,24,26);2-6H,1H3,(H2,15,16,17,19);1H4. The van der Waals surface area contributed by atoms with Gasteiger partial charge in [0.15, 0.2) is 22.6 Å². The third-order valence-corrected chi connectivity index (χ3v) is 6.19. The Kier molecular flexibility index (Phi) is 8.79. The van der Waals surface area contributed by atoms with Gasteiger partial charge in [-0.05, 0) is 55.5 Å². The molecule has 0 fully saturated rings. The summed E-state index contributed by atoms with van der Waals surface area (Å²) in [4.78, 5) is 49.3. The van der Waals surface area contributed by atoms with Crippen molar-refractivity contribution in [1.29, 1.82) is 0 Å². The molecule has 0 bridgehead atoms. The minimum Gasteiger partial charge on any atom is -0.368 e. The fourth-order valence-corrected chi connectivity index (χ4v) is 4.17. The molecule has 5 aromatic heterocycles. The van der Waals surface area contributed by atoms with Crippen LogP contribution in [0.2, 0.25) is 0 Å². The van der Waals surface area contributed by atoms with Crippen molar-refractivity contribution < 1.29 is 13.6 Å². The van der Waals surface area contributed by atoms with E-state index in [1.54, 1.807) is 37.4 Å². The summed E-state index contributed by atoms with van der Waals surface area (Å²) in [6.07, 6.45) is 5.90. The number of halogens is 2. The van der Waals surface area contributed by atoms with Crippen molar-refractivity contribution in [1.82, 2.24) is 54.6 Å². The van der Waals surface area contributed by atoms with Gasteiger partial charge < -0.3 is 5.73 Å². The fraction of sp³-hybridized carbons (Fsp3) is 0.100. The molecule has 0 saturated carbocycles. The maximum absolute atomic E-state index is 13.1. The van der Waals surface area contributed by atoms with Gasteiger partial charge in [-0.25, -0.2) is 43.4 Å². The quantitative estimate of drug-likeness (QED) is 0.280. The van der Waals surface area contributed by atoms with Crippen LogP contribution in [0.25, 0.3) is 50.7 Å². The van der Waals surface area contributed by atoms with Crippen molar-refractivity contribution in [3.05, 3.63) is 90.9 Å². The number of anilines is 2. The van der Waals surface area contributed by atoms with Crippen LogP contribution >= 0.6 is 0 Å². The SMILES string of the molecule is C.CC(=O)Nc1nc(-n2cncn2)c2nc(-c3ccc(F)cc3)cnc2n1.Cc1nc(N)nc2ncc(-c3ccc(F)cc3)nc12. The Labute approximate surface area is 259 Å². The van der Waals surface area contributed by atoms with Crippen LogP contribution in [0.3, 0.4) is 0 Å². The van der Waals surface area contributed by atoms with Crippen molar-refractivity contribution in [3.8, 4) is 28.3 Å². The molecule has 0 aliphatic carbocycles. The van der Waals surface area contributed by atoms with Crippen LogP contribution in [0.1, 0.15) is 20.0 Å². The van der Waals surface area contributed by atoms with Gasteiger partial charge in [-0.3, -0.25) is 10.1 Å². The number of carbonyl (C=O) groups is 1. The number of nitrogens with one attached hydrogen (secondary N) is 1. The molecule has 2 aromatic carbocycles. The first kappa shape index (κ1) is 31.0. The molecule has 0 aliphatic heterocycles. The highest BCUT2D eigenvalue weighted by Crippen LogP contribution is 2.23. The molecule has 0 radical (unpaired) electrons. The molecule has 3 N–H and O–H groups in total. The fourth-order valence-electron chi connectivity index (χ4n) is 4.17. The molecule has 5 heterocycles. The second-order valence-corrected chi connectivity index (χ2v) is 9.43. The van der Waals surface area contributed by atoms with E-state index < -0.39 is 0 Å². The first-order chi connectivity index (χ1) is 21.7. The highest BCUT2D eigenvalue weighted by Gasteiger charge is 2.15. The van der Waals surface area contributed by atoms with Gasteiger partial charge in [0.1, 0.15) is 29.8 Å². The number of hydrogen-bond acceptors (Lipinski definition) is 12. The van der Waals surface area contributed by atoms with Crippen LogP contribution in [-0.4, -0.2) is 60.5 Å². The van der Waals surface area contributed by atoms with Crippen LogP contribution < -0.4 is 11.1 Å². The summed E-state index contributed by atoms with van der Waals surface area (Å²) in [7, 11) is 0. The molecular weight excluding hydrogens is 596 g/mol. The zero-order chi connectivity index (χ0) is 31.5. The number of fused-ring (bicyclic) bond motifs is 2. The second kappa shape index (κ2) is 13.0. The Bertz CT molecular complexity index is 2160. The summed E-state index contributed by atoms with van der Waals surface area (Å²) in [5, 5.41) is 6.58. The summed E-state index contributed by atoms with van der Waals surface area (Å²) in [5.74, 6) is -0.371. The van der Waals surface area contributed by atoms with Crippen molar-refractivity contribution in [2.24, 2.45) is 0 Å². The summed E-state index contributed by atoms with van der Waals surface area (Å²) in [6, 6.07) is 12.0. The summed E-state index contributed by atoms with van der Waals surface area (Å²) < 4.78 is 27.4. The van der Waals surface area contributed by atoms with Crippen LogP contribution in [0, 0.1) is 18.6 Å². The Balaban J connectivity index is 0.000000186. The van der Waals surface area contributed by atoms with Gasteiger partial charge in [0.2, 0.25) is 17.8 Å². The molecule has 0 aliphatic rings. The first-order valence-corrected chi connectivity index (χ1v) is 13.2. The number of nitrogens with zero attached hydrogens (tertiary/aromatic N) is 11. The molecule has 7 aromatic rings. The monoisotopic (exact) mass is 621 g/mol. The molecule has 230 valence electrons. The Morgan fingerprint density at radius 3 is 1.89 bits per heavy atom. The lowest BCUT2D eigenvalue weighted by atomic mass is 10.1. The van der Waals surface area contributed by atoms with Crippen molar-refractivity contribution >= 4 is 40.1 Å².